The molecule has 0 saturated heterocycles. The minimum absolute atomic E-state index is 0.0199. The van der Waals surface area contributed by atoms with Gasteiger partial charge < -0.3 is 19.7 Å². The topological polar surface area (TPSA) is 110 Å². The van der Waals surface area contributed by atoms with Gasteiger partial charge in [0.1, 0.15) is 5.02 Å². The predicted octanol–water partition coefficient (Wildman–Crippen LogP) is 5.92. The zero-order chi connectivity index (χ0) is 25.3. The number of alkyl halides is 3. The minimum Gasteiger partial charge on any atom is -0.481 e. The molecule has 12 heteroatoms. The summed E-state index contributed by atoms with van der Waals surface area (Å²) in [5.74, 6) is -1.48. The minimum atomic E-state index is -4.69. The number of benzene rings is 1. The van der Waals surface area contributed by atoms with Gasteiger partial charge in [-0.25, -0.2) is 4.98 Å². The Morgan fingerprint density at radius 2 is 2.06 bits per heavy atom. The smallest absolute Gasteiger partial charge is 0.417 e. The van der Waals surface area contributed by atoms with E-state index in [2.05, 4.69) is 20.4 Å². The fourth-order valence-corrected chi connectivity index (χ4v) is 4.15. The van der Waals surface area contributed by atoms with Gasteiger partial charge in [0.05, 0.1) is 23.1 Å². The lowest BCUT2D eigenvalue weighted by atomic mass is 10.0. The van der Waals surface area contributed by atoms with Crippen molar-refractivity contribution in [3.63, 3.8) is 0 Å². The third-order valence-electron chi connectivity index (χ3n) is 5.55. The number of carboxylic acid groups (broad SMARTS) is 1. The third-order valence-corrected chi connectivity index (χ3v) is 5.82. The van der Waals surface area contributed by atoms with Crippen LogP contribution in [0.2, 0.25) is 5.02 Å². The standard InChI is InChI=1S/C23H22ClF3N4O4/c1-11(2)34-21-18(24)8-13(10-28-21)19-30-20(35-31-19)16-6-5-15(9-17(16)23(25,26)27)29-14-4-3-12(7-14)22(32)33/h5-6,8-12,14,29H,3-4,7H2,1-2H3,(H,32,33)/t12-,14?/m1/s1. The average Bonchev–Trinajstić information content (AvgIpc) is 3.44. The lowest BCUT2D eigenvalue weighted by Gasteiger charge is -2.17. The number of ether oxygens (including phenoxy) is 1. The Morgan fingerprint density at radius 1 is 1.29 bits per heavy atom. The predicted molar refractivity (Wildman–Crippen MR) is 121 cm³/mol. The van der Waals surface area contributed by atoms with Crippen molar-refractivity contribution in [2.45, 2.75) is 51.4 Å². The molecule has 1 aliphatic carbocycles. The number of hydrogen-bond acceptors (Lipinski definition) is 7. The molecule has 0 amide bonds. The number of nitrogens with one attached hydrogen (secondary N) is 1. The number of aliphatic carboxylic acids is 1. The van der Waals surface area contributed by atoms with Crippen LogP contribution in [0.3, 0.4) is 0 Å². The van der Waals surface area contributed by atoms with E-state index in [1.165, 1.54) is 24.4 Å². The Morgan fingerprint density at radius 3 is 2.69 bits per heavy atom. The highest BCUT2D eigenvalue weighted by Gasteiger charge is 2.36. The Hall–Kier alpha value is -3.34. The summed E-state index contributed by atoms with van der Waals surface area (Å²) in [5, 5.41) is 16.1. The van der Waals surface area contributed by atoms with Crippen LogP contribution in [-0.4, -0.2) is 38.3 Å². The van der Waals surface area contributed by atoms with Gasteiger partial charge in [-0.2, -0.15) is 18.2 Å². The summed E-state index contributed by atoms with van der Waals surface area (Å²) >= 11 is 6.18. The number of pyridine rings is 1. The van der Waals surface area contributed by atoms with Crippen molar-refractivity contribution < 1.29 is 32.3 Å². The van der Waals surface area contributed by atoms with Crippen LogP contribution in [-0.2, 0) is 11.0 Å². The van der Waals surface area contributed by atoms with Gasteiger partial charge in [-0.05, 0) is 57.4 Å². The molecular weight excluding hydrogens is 489 g/mol. The van der Waals surface area contributed by atoms with E-state index in [0.29, 0.717) is 24.8 Å². The van der Waals surface area contributed by atoms with Gasteiger partial charge in [0.2, 0.25) is 11.7 Å². The quantitative estimate of drug-likeness (QED) is 0.403. The molecular formula is C23H22ClF3N4O4. The van der Waals surface area contributed by atoms with Crippen molar-refractivity contribution in [1.82, 2.24) is 15.1 Å². The maximum Gasteiger partial charge on any atom is 0.417 e. The molecule has 0 bridgehead atoms. The monoisotopic (exact) mass is 510 g/mol. The molecule has 0 aliphatic heterocycles. The summed E-state index contributed by atoms with van der Waals surface area (Å²) in [5.41, 5.74) is -0.659. The summed E-state index contributed by atoms with van der Waals surface area (Å²) in [6.07, 6.45) is -2.06. The highest BCUT2D eigenvalue weighted by atomic mass is 35.5. The van der Waals surface area contributed by atoms with E-state index in [9.17, 15) is 18.0 Å². The largest absolute Gasteiger partial charge is 0.481 e. The van der Waals surface area contributed by atoms with Crippen LogP contribution in [0.15, 0.2) is 35.0 Å². The molecule has 2 aromatic heterocycles. The van der Waals surface area contributed by atoms with E-state index in [1.54, 1.807) is 0 Å². The lowest BCUT2D eigenvalue weighted by molar-refractivity contribution is -0.141. The van der Waals surface area contributed by atoms with Gasteiger partial charge in [-0.15, -0.1) is 0 Å². The van der Waals surface area contributed by atoms with Crippen LogP contribution in [0.4, 0.5) is 18.9 Å². The number of hydrogen-bond donors (Lipinski definition) is 2. The molecule has 4 rings (SSSR count). The highest BCUT2D eigenvalue weighted by Crippen LogP contribution is 2.39. The zero-order valence-corrected chi connectivity index (χ0v) is 19.5. The number of carbonyl (C=O) groups is 1. The lowest BCUT2D eigenvalue weighted by Crippen LogP contribution is -2.18. The van der Waals surface area contributed by atoms with Crippen molar-refractivity contribution in [1.29, 1.82) is 0 Å². The van der Waals surface area contributed by atoms with E-state index >= 15 is 0 Å². The van der Waals surface area contributed by atoms with Crippen molar-refractivity contribution in [2.24, 2.45) is 5.92 Å². The van der Waals surface area contributed by atoms with E-state index in [1.807, 2.05) is 13.8 Å². The Kier molecular flexibility index (Phi) is 6.88. The number of aromatic nitrogens is 3. The molecule has 2 N–H and O–H groups in total. The van der Waals surface area contributed by atoms with Crippen LogP contribution < -0.4 is 10.1 Å². The highest BCUT2D eigenvalue weighted by molar-refractivity contribution is 6.32. The molecule has 2 heterocycles. The van der Waals surface area contributed by atoms with Gasteiger partial charge in [0, 0.05) is 23.5 Å². The van der Waals surface area contributed by atoms with Crippen LogP contribution in [0, 0.1) is 5.92 Å². The van der Waals surface area contributed by atoms with E-state index in [0.717, 1.165) is 6.07 Å². The molecule has 1 fully saturated rings. The van der Waals surface area contributed by atoms with E-state index < -0.39 is 23.6 Å². The number of nitrogens with zero attached hydrogens (tertiary/aromatic N) is 3. The van der Waals surface area contributed by atoms with Crippen LogP contribution in [0.25, 0.3) is 22.8 Å². The summed E-state index contributed by atoms with van der Waals surface area (Å²) in [4.78, 5) is 19.4. The maximum absolute atomic E-state index is 13.9. The first-order valence-corrected chi connectivity index (χ1v) is 11.3. The summed E-state index contributed by atoms with van der Waals surface area (Å²) < 4.78 is 52.3. The van der Waals surface area contributed by atoms with Gasteiger partial charge in [0.15, 0.2) is 0 Å². The van der Waals surface area contributed by atoms with Crippen molar-refractivity contribution in [3.05, 3.63) is 41.0 Å². The molecule has 0 spiro atoms. The van der Waals surface area contributed by atoms with Crippen molar-refractivity contribution in [2.75, 3.05) is 5.32 Å². The van der Waals surface area contributed by atoms with E-state index in [4.69, 9.17) is 26.0 Å². The fourth-order valence-electron chi connectivity index (χ4n) is 3.94. The Labute approximate surface area is 203 Å². The molecule has 1 aromatic carbocycles. The van der Waals surface area contributed by atoms with Crippen LogP contribution >= 0.6 is 11.6 Å². The normalized spacial score (nSPS) is 18.1. The first-order valence-electron chi connectivity index (χ1n) is 10.9. The second kappa shape index (κ2) is 9.73. The maximum atomic E-state index is 13.9. The second-order valence-electron chi connectivity index (χ2n) is 8.55. The number of rotatable bonds is 7. The summed E-state index contributed by atoms with van der Waals surface area (Å²) in [7, 11) is 0. The molecule has 1 saturated carbocycles. The molecule has 1 aliphatic rings. The van der Waals surface area contributed by atoms with Gasteiger partial charge in [-0.1, -0.05) is 16.8 Å². The first-order chi connectivity index (χ1) is 16.5. The molecule has 1 unspecified atom stereocenters. The van der Waals surface area contributed by atoms with Crippen LogP contribution in [0.5, 0.6) is 5.88 Å². The van der Waals surface area contributed by atoms with Crippen molar-refractivity contribution in [3.8, 4) is 28.7 Å². The Bertz CT molecular complexity index is 1230. The van der Waals surface area contributed by atoms with Gasteiger partial charge in [0.25, 0.3) is 5.89 Å². The fraction of sp³-hybridized carbons (Fsp3) is 0.391. The molecule has 35 heavy (non-hydrogen) atoms. The van der Waals surface area contributed by atoms with Gasteiger partial charge in [-0.3, -0.25) is 4.79 Å². The number of carboxylic acids is 1. The van der Waals surface area contributed by atoms with Crippen LogP contribution in [0.1, 0.15) is 38.7 Å². The molecule has 2 atom stereocenters. The number of halogens is 4. The first kappa shape index (κ1) is 24.8. The Balaban J connectivity index is 1.59. The zero-order valence-electron chi connectivity index (χ0n) is 18.8. The molecule has 186 valence electrons. The molecule has 3 aromatic rings. The summed E-state index contributed by atoms with van der Waals surface area (Å²) in [6.45, 7) is 3.63. The average molecular weight is 511 g/mol. The SMILES string of the molecule is CC(C)Oc1ncc(-c2noc(-c3ccc(NC4CC[C@@H](C(=O)O)C4)cc3C(F)(F)F)n2)cc1Cl. The van der Waals surface area contributed by atoms with E-state index in [-0.39, 0.29) is 46.0 Å². The van der Waals surface area contributed by atoms with Crippen molar-refractivity contribution >= 4 is 23.3 Å². The molecule has 8 nitrogen and oxygen atoms in total. The number of anilines is 1. The van der Waals surface area contributed by atoms with Gasteiger partial charge >= 0.3 is 12.1 Å². The molecule has 0 radical (unpaired) electrons. The third kappa shape index (κ3) is 5.67. The second-order valence-corrected chi connectivity index (χ2v) is 8.96. The summed E-state index contributed by atoms with van der Waals surface area (Å²) in [6, 6.07) is 4.95.